The minimum atomic E-state index is -1.80. The molecule has 31 heavy (non-hydrogen) atoms. The molecule has 1 aliphatic heterocycles. The zero-order chi connectivity index (χ0) is 21.9. The molecule has 1 fully saturated rings. The molecular formula is C26H27ClO4. The van der Waals surface area contributed by atoms with Gasteiger partial charge >= 0.3 is 0 Å². The molecule has 3 N–H and O–H groups in total. The summed E-state index contributed by atoms with van der Waals surface area (Å²) in [4.78, 5) is 0. The molecule has 3 aromatic carbocycles. The van der Waals surface area contributed by atoms with Crippen molar-refractivity contribution in [3.8, 4) is 0 Å². The van der Waals surface area contributed by atoms with Crippen molar-refractivity contribution in [3.05, 3.63) is 108 Å². The topological polar surface area (TPSA) is 69.9 Å². The first-order valence-corrected chi connectivity index (χ1v) is 10.9. The van der Waals surface area contributed by atoms with Crippen LogP contribution >= 0.6 is 11.6 Å². The molecule has 162 valence electrons. The van der Waals surface area contributed by atoms with Gasteiger partial charge in [-0.15, -0.1) is 0 Å². The van der Waals surface area contributed by atoms with Gasteiger partial charge in [-0.3, -0.25) is 0 Å². The maximum atomic E-state index is 12.0. The van der Waals surface area contributed by atoms with Crippen LogP contribution < -0.4 is 0 Å². The van der Waals surface area contributed by atoms with Crippen LogP contribution in [-0.4, -0.2) is 44.3 Å². The van der Waals surface area contributed by atoms with Gasteiger partial charge in [0.1, 0.15) is 17.3 Å². The normalized spacial score (nSPS) is 29.0. The summed E-state index contributed by atoms with van der Waals surface area (Å²) in [6.45, 7) is 0. The SMILES string of the molecule is OC(Cc1ccccc1)[C@H]1O[C@H](Cl)[C@](O)(Cc2ccccc2)[C@@]1(O)Cc1ccccc1. The number of halogens is 1. The lowest BCUT2D eigenvalue weighted by molar-refractivity contribution is -0.154. The molecule has 3 aromatic rings. The van der Waals surface area contributed by atoms with Gasteiger partial charge in [0.2, 0.25) is 0 Å². The molecule has 0 radical (unpaired) electrons. The van der Waals surface area contributed by atoms with Gasteiger partial charge in [0.15, 0.2) is 5.56 Å². The molecule has 0 aromatic heterocycles. The Morgan fingerprint density at radius 1 is 0.710 bits per heavy atom. The Morgan fingerprint density at radius 3 is 1.61 bits per heavy atom. The van der Waals surface area contributed by atoms with Gasteiger partial charge in [-0.05, 0) is 16.7 Å². The minimum absolute atomic E-state index is 0.0942. The van der Waals surface area contributed by atoms with E-state index in [1.165, 1.54) is 0 Å². The highest BCUT2D eigenvalue weighted by Gasteiger charge is 2.66. The lowest BCUT2D eigenvalue weighted by Crippen LogP contribution is -2.63. The fourth-order valence-corrected chi connectivity index (χ4v) is 4.85. The van der Waals surface area contributed by atoms with E-state index < -0.39 is 29.0 Å². The summed E-state index contributed by atoms with van der Waals surface area (Å²) in [5.74, 6) is 0. The summed E-state index contributed by atoms with van der Waals surface area (Å²) in [6.07, 6.45) is -1.66. The standard InChI is InChI=1S/C26H27ClO4/c27-24-26(30,18-21-14-8-3-9-15-21)25(29,17-20-12-6-2-7-13-20)23(31-24)22(28)16-19-10-4-1-5-11-19/h1-15,22-24,28-30H,16-18H2/t22?,23-,24+,25-,26-/m1/s1. The van der Waals surface area contributed by atoms with Crippen molar-refractivity contribution >= 4 is 11.6 Å². The number of benzene rings is 3. The second kappa shape index (κ2) is 9.11. The van der Waals surface area contributed by atoms with Gasteiger partial charge in [-0.2, -0.15) is 0 Å². The number of aliphatic hydroxyl groups is 3. The Bertz CT molecular complexity index is 968. The third kappa shape index (κ3) is 4.40. The van der Waals surface area contributed by atoms with Crippen LogP contribution in [0.15, 0.2) is 91.0 Å². The number of hydrogen-bond donors (Lipinski definition) is 3. The quantitative estimate of drug-likeness (QED) is 0.494. The van der Waals surface area contributed by atoms with E-state index in [1.807, 2.05) is 91.0 Å². The lowest BCUT2D eigenvalue weighted by atomic mass is 9.72. The summed E-state index contributed by atoms with van der Waals surface area (Å²) < 4.78 is 5.89. The van der Waals surface area contributed by atoms with E-state index in [9.17, 15) is 15.3 Å². The van der Waals surface area contributed by atoms with Gasteiger partial charge in [0.25, 0.3) is 0 Å². The van der Waals surface area contributed by atoms with E-state index in [0.717, 1.165) is 16.7 Å². The molecule has 1 unspecified atom stereocenters. The molecule has 0 amide bonds. The first-order valence-electron chi connectivity index (χ1n) is 10.5. The van der Waals surface area contributed by atoms with Gasteiger partial charge < -0.3 is 20.1 Å². The van der Waals surface area contributed by atoms with Crippen LogP contribution in [0, 0.1) is 0 Å². The van der Waals surface area contributed by atoms with Crippen molar-refractivity contribution in [2.75, 3.05) is 0 Å². The highest BCUT2D eigenvalue weighted by atomic mass is 35.5. The van der Waals surface area contributed by atoms with E-state index in [-0.39, 0.29) is 19.3 Å². The molecule has 1 heterocycles. The molecule has 0 spiro atoms. The monoisotopic (exact) mass is 438 g/mol. The van der Waals surface area contributed by atoms with E-state index in [4.69, 9.17) is 16.3 Å². The first-order chi connectivity index (χ1) is 14.9. The zero-order valence-corrected chi connectivity index (χ0v) is 17.9. The van der Waals surface area contributed by atoms with Gasteiger partial charge in [0.05, 0.1) is 6.10 Å². The Kier molecular flexibility index (Phi) is 6.47. The smallest absolute Gasteiger partial charge is 0.163 e. The summed E-state index contributed by atoms with van der Waals surface area (Å²) in [7, 11) is 0. The molecule has 0 aliphatic carbocycles. The predicted molar refractivity (Wildman–Crippen MR) is 121 cm³/mol. The molecule has 4 nitrogen and oxygen atoms in total. The summed E-state index contributed by atoms with van der Waals surface area (Å²) in [5, 5.41) is 34.8. The third-order valence-corrected chi connectivity index (χ3v) is 6.60. The van der Waals surface area contributed by atoms with Crippen LogP contribution in [-0.2, 0) is 24.0 Å². The number of aliphatic hydroxyl groups excluding tert-OH is 1. The summed E-state index contributed by atoms with van der Waals surface area (Å²) in [5.41, 5.74) is -2.23. The number of ether oxygens (including phenoxy) is 1. The highest BCUT2D eigenvalue weighted by molar-refractivity contribution is 6.20. The Balaban J connectivity index is 1.69. The summed E-state index contributed by atoms with van der Waals surface area (Å²) >= 11 is 6.52. The van der Waals surface area contributed by atoms with Crippen LogP contribution in [0.3, 0.4) is 0 Å². The van der Waals surface area contributed by atoms with Crippen LogP contribution in [0.25, 0.3) is 0 Å². The highest BCUT2D eigenvalue weighted by Crippen LogP contribution is 2.47. The number of hydrogen-bond acceptors (Lipinski definition) is 4. The van der Waals surface area contributed by atoms with Gasteiger partial charge in [-0.25, -0.2) is 0 Å². The van der Waals surface area contributed by atoms with E-state index in [0.29, 0.717) is 0 Å². The number of alkyl halides is 1. The summed E-state index contributed by atoms with van der Waals surface area (Å²) in [6, 6.07) is 28.3. The fourth-order valence-electron chi connectivity index (χ4n) is 4.47. The number of rotatable bonds is 7. The average molecular weight is 439 g/mol. The van der Waals surface area contributed by atoms with Crippen LogP contribution in [0.4, 0.5) is 0 Å². The van der Waals surface area contributed by atoms with Crippen molar-refractivity contribution < 1.29 is 20.1 Å². The second-order valence-electron chi connectivity index (χ2n) is 8.30. The zero-order valence-electron chi connectivity index (χ0n) is 17.1. The van der Waals surface area contributed by atoms with Crippen molar-refractivity contribution in [2.45, 2.75) is 48.2 Å². The average Bonchev–Trinajstić information content (AvgIpc) is 2.96. The predicted octanol–water partition coefficient (Wildman–Crippen LogP) is 3.50. The van der Waals surface area contributed by atoms with Crippen molar-refractivity contribution in [3.63, 3.8) is 0 Å². The Labute approximate surface area is 187 Å². The van der Waals surface area contributed by atoms with Crippen LogP contribution in [0.5, 0.6) is 0 Å². The van der Waals surface area contributed by atoms with E-state index in [2.05, 4.69) is 0 Å². The van der Waals surface area contributed by atoms with Crippen molar-refractivity contribution in [2.24, 2.45) is 0 Å². The first kappa shape index (κ1) is 22.0. The largest absolute Gasteiger partial charge is 0.390 e. The molecule has 5 heteroatoms. The molecule has 5 atom stereocenters. The van der Waals surface area contributed by atoms with Crippen LogP contribution in [0.1, 0.15) is 16.7 Å². The lowest BCUT2D eigenvalue weighted by Gasteiger charge is -2.41. The molecule has 0 bridgehead atoms. The maximum Gasteiger partial charge on any atom is 0.163 e. The Morgan fingerprint density at radius 2 is 1.13 bits per heavy atom. The second-order valence-corrected chi connectivity index (χ2v) is 8.70. The van der Waals surface area contributed by atoms with Crippen LogP contribution in [0.2, 0.25) is 0 Å². The molecular weight excluding hydrogens is 412 g/mol. The van der Waals surface area contributed by atoms with E-state index in [1.54, 1.807) is 0 Å². The molecule has 1 saturated heterocycles. The van der Waals surface area contributed by atoms with Crippen molar-refractivity contribution in [1.82, 2.24) is 0 Å². The Hall–Kier alpha value is -2.21. The molecule has 0 saturated carbocycles. The third-order valence-electron chi connectivity index (χ3n) is 6.13. The van der Waals surface area contributed by atoms with Crippen molar-refractivity contribution in [1.29, 1.82) is 0 Å². The van der Waals surface area contributed by atoms with Gasteiger partial charge in [0, 0.05) is 19.3 Å². The molecule has 4 rings (SSSR count). The van der Waals surface area contributed by atoms with E-state index >= 15 is 0 Å². The maximum absolute atomic E-state index is 12.0. The fraction of sp³-hybridized carbons (Fsp3) is 0.308. The minimum Gasteiger partial charge on any atom is -0.390 e. The molecule has 1 aliphatic rings. The van der Waals surface area contributed by atoms with Gasteiger partial charge in [-0.1, -0.05) is 103 Å².